The molecule has 7 nitrogen and oxygen atoms in total. The molecule has 0 N–H and O–H groups in total. The van der Waals surface area contributed by atoms with E-state index in [1.54, 1.807) is 24.3 Å². The van der Waals surface area contributed by atoms with E-state index >= 15 is 0 Å². The average Bonchev–Trinajstić information content (AvgIpc) is 2.70. The standard InChI is InChI=1S/C19H19ClFN3O4/c1-28-19(25)18(13-2-4-14(20)5-3-13)23-10-8-22(9-11-23)17-7-6-15(24(26)27)12-16(17)21/h2-7,12,18H,8-11H2,1H3. The van der Waals surface area contributed by atoms with Gasteiger partial charge in [0, 0.05) is 37.3 Å². The maximum Gasteiger partial charge on any atom is 0.327 e. The monoisotopic (exact) mass is 407 g/mol. The number of halogens is 2. The number of piperazine rings is 1. The number of ether oxygens (including phenoxy) is 1. The summed E-state index contributed by atoms with van der Waals surface area (Å²) in [5.41, 5.74) is 0.797. The zero-order valence-corrected chi connectivity index (χ0v) is 15.9. The first kappa shape index (κ1) is 20.0. The zero-order chi connectivity index (χ0) is 20.3. The molecule has 0 spiro atoms. The fraction of sp³-hybridized carbons (Fsp3) is 0.316. The van der Waals surface area contributed by atoms with Gasteiger partial charge in [-0.25, -0.2) is 9.18 Å². The second-order valence-corrected chi connectivity index (χ2v) is 6.83. The van der Waals surface area contributed by atoms with Crippen LogP contribution in [0.5, 0.6) is 0 Å². The van der Waals surface area contributed by atoms with Crippen LogP contribution in [0.25, 0.3) is 0 Å². The molecule has 148 valence electrons. The van der Waals surface area contributed by atoms with Gasteiger partial charge in [0.05, 0.1) is 23.8 Å². The number of benzene rings is 2. The van der Waals surface area contributed by atoms with E-state index in [4.69, 9.17) is 16.3 Å². The summed E-state index contributed by atoms with van der Waals surface area (Å²) in [4.78, 5) is 26.3. The van der Waals surface area contributed by atoms with Gasteiger partial charge < -0.3 is 9.64 Å². The Labute approximate surface area is 166 Å². The van der Waals surface area contributed by atoms with Crippen molar-refractivity contribution in [1.29, 1.82) is 0 Å². The van der Waals surface area contributed by atoms with Crippen LogP contribution >= 0.6 is 11.6 Å². The van der Waals surface area contributed by atoms with Gasteiger partial charge in [-0.2, -0.15) is 0 Å². The minimum atomic E-state index is -0.634. The van der Waals surface area contributed by atoms with Crippen molar-refractivity contribution in [3.05, 3.63) is 69.0 Å². The molecular formula is C19H19ClFN3O4. The Bertz CT molecular complexity index is 870. The molecule has 1 aliphatic rings. The van der Waals surface area contributed by atoms with Gasteiger partial charge in [-0.05, 0) is 23.8 Å². The molecular weight excluding hydrogens is 389 g/mol. The smallest absolute Gasteiger partial charge is 0.327 e. The van der Waals surface area contributed by atoms with E-state index in [0.29, 0.717) is 36.9 Å². The average molecular weight is 408 g/mol. The topological polar surface area (TPSA) is 75.9 Å². The summed E-state index contributed by atoms with van der Waals surface area (Å²) in [7, 11) is 1.34. The highest BCUT2D eigenvalue weighted by Gasteiger charge is 2.32. The number of hydrogen-bond acceptors (Lipinski definition) is 6. The summed E-state index contributed by atoms with van der Waals surface area (Å²) in [5.74, 6) is -1.01. The SMILES string of the molecule is COC(=O)C(c1ccc(Cl)cc1)N1CCN(c2ccc([N+](=O)[O-])cc2F)CC1. The molecule has 1 atom stereocenters. The van der Waals surface area contributed by atoms with Gasteiger partial charge in [0.15, 0.2) is 5.82 Å². The molecule has 0 amide bonds. The number of nitro groups is 1. The van der Waals surface area contributed by atoms with Crippen molar-refractivity contribution in [3.63, 3.8) is 0 Å². The van der Waals surface area contributed by atoms with E-state index in [9.17, 15) is 19.3 Å². The Morgan fingerprint density at radius 2 is 1.82 bits per heavy atom. The molecule has 2 aromatic rings. The van der Waals surface area contributed by atoms with Gasteiger partial charge in [0.2, 0.25) is 0 Å². The van der Waals surface area contributed by atoms with Crippen LogP contribution in [0.4, 0.5) is 15.8 Å². The van der Waals surface area contributed by atoms with Crippen LogP contribution in [0.1, 0.15) is 11.6 Å². The van der Waals surface area contributed by atoms with Crippen molar-refractivity contribution >= 4 is 28.9 Å². The first-order valence-corrected chi connectivity index (χ1v) is 9.04. The molecule has 0 aromatic heterocycles. The number of nitrogens with zero attached hydrogens (tertiary/aromatic N) is 3. The van der Waals surface area contributed by atoms with Crippen molar-refractivity contribution in [3.8, 4) is 0 Å². The lowest BCUT2D eigenvalue weighted by Crippen LogP contribution is -2.49. The zero-order valence-electron chi connectivity index (χ0n) is 15.2. The number of carbonyl (C=O) groups is 1. The van der Waals surface area contributed by atoms with Crippen molar-refractivity contribution in [1.82, 2.24) is 4.90 Å². The maximum atomic E-state index is 14.3. The van der Waals surface area contributed by atoms with Gasteiger partial charge in [-0.3, -0.25) is 15.0 Å². The highest BCUT2D eigenvalue weighted by molar-refractivity contribution is 6.30. The van der Waals surface area contributed by atoms with E-state index in [-0.39, 0.29) is 11.7 Å². The molecule has 0 bridgehead atoms. The molecule has 1 saturated heterocycles. The highest BCUT2D eigenvalue weighted by atomic mass is 35.5. The molecule has 1 aliphatic heterocycles. The van der Waals surface area contributed by atoms with Crippen LogP contribution in [0.15, 0.2) is 42.5 Å². The molecule has 0 radical (unpaired) electrons. The molecule has 1 fully saturated rings. The van der Waals surface area contributed by atoms with Gasteiger partial charge >= 0.3 is 5.97 Å². The van der Waals surface area contributed by atoms with Gasteiger partial charge in [0.1, 0.15) is 6.04 Å². The van der Waals surface area contributed by atoms with Crippen LogP contribution in [0.2, 0.25) is 5.02 Å². The Morgan fingerprint density at radius 3 is 2.36 bits per heavy atom. The second kappa shape index (κ2) is 8.53. The van der Waals surface area contributed by atoms with Gasteiger partial charge in [0.25, 0.3) is 5.69 Å². The Morgan fingerprint density at radius 1 is 1.18 bits per heavy atom. The maximum absolute atomic E-state index is 14.3. The van der Waals surface area contributed by atoms with E-state index in [0.717, 1.165) is 11.6 Å². The molecule has 1 heterocycles. The number of carbonyl (C=O) groups excluding carboxylic acids is 1. The van der Waals surface area contributed by atoms with E-state index < -0.39 is 16.8 Å². The lowest BCUT2D eigenvalue weighted by atomic mass is 10.0. The normalized spacial score (nSPS) is 15.9. The van der Waals surface area contributed by atoms with Crippen LogP contribution in [0.3, 0.4) is 0 Å². The van der Waals surface area contributed by atoms with Gasteiger partial charge in [-0.1, -0.05) is 23.7 Å². The lowest BCUT2D eigenvalue weighted by Gasteiger charge is -2.39. The van der Waals surface area contributed by atoms with Gasteiger partial charge in [-0.15, -0.1) is 0 Å². The molecule has 0 aliphatic carbocycles. The Hall–Kier alpha value is -2.71. The second-order valence-electron chi connectivity index (χ2n) is 6.39. The summed E-state index contributed by atoms with van der Waals surface area (Å²) in [6.07, 6.45) is 0. The number of rotatable bonds is 5. The molecule has 3 rings (SSSR count). The first-order chi connectivity index (χ1) is 13.4. The molecule has 28 heavy (non-hydrogen) atoms. The largest absolute Gasteiger partial charge is 0.468 e. The summed E-state index contributed by atoms with van der Waals surface area (Å²) in [6.45, 7) is 1.93. The van der Waals surface area contributed by atoms with Crippen molar-refractivity contribution in [2.45, 2.75) is 6.04 Å². The Kier molecular flexibility index (Phi) is 6.11. The van der Waals surface area contributed by atoms with E-state index in [1.807, 2.05) is 9.80 Å². The fourth-order valence-corrected chi connectivity index (χ4v) is 3.47. The number of esters is 1. The summed E-state index contributed by atoms with van der Waals surface area (Å²) in [5, 5.41) is 11.3. The van der Waals surface area contributed by atoms with Crippen molar-refractivity contribution in [2.75, 3.05) is 38.2 Å². The number of non-ortho nitro benzene ring substituents is 1. The number of hydrogen-bond donors (Lipinski definition) is 0. The summed E-state index contributed by atoms with van der Waals surface area (Å²) in [6, 6.07) is 10.1. The third-order valence-corrected chi connectivity index (χ3v) is 5.02. The van der Waals surface area contributed by atoms with E-state index in [2.05, 4.69) is 0 Å². The minimum Gasteiger partial charge on any atom is -0.468 e. The van der Waals surface area contributed by atoms with Crippen LogP contribution in [0, 0.1) is 15.9 Å². The van der Waals surface area contributed by atoms with Crippen LogP contribution < -0.4 is 4.90 Å². The predicted octanol–water partition coefficient (Wildman–Crippen LogP) is 3.42. The third kappa shape index (κ3) is 4.23. The predicted molar refractivity (Wildman–Crippen MR) is 103 cm³/mol. The fourth-order valence-electron chi connectivity index (χ4n) is 3.34. The van der Waals surface area contributed by atoms with Crippen molar-refractivity contribution in [2.24, 2.45) is 0 Å². The van der Waals surface area contributed by atoms with Crippen LogP contribution in [-0.2, 0) is 9.53 Å². The summed E-state index contributed by atoms with van der Waals surface area (Å²) < 4.78 is 19.3. The third-order valence-electron chi connectivity index (χ3n) is 4.77. The lowest BCUT2D eigenvalue weighted by molar-refractivity contribution is -0.385. The van der Waals surface area contributed by atoms with E-state index in [1.165, 1.54) is 19.2 Å². The Balaban J connectivity index is 1.75. The molecule has 0 saturated carbocycles. The van der Waals surface area contributed by atoms with Crippen molar-refractivity contribution < 1.29 is 18.8 Å². The quantitative estimate of drug-likeness (QED) is 0.429. The minimum absolute atomic E-state index is 0.284. The van der Waals surface area contributed by atoms with Crippen LogP contribution in [-0.4, -0.2) is 49.1 Å². The molecule has 2 aromatic carbocycles. The highest BCUT2D eigenvalue weighted by Crippen LogP contribution is 2.29. The molecule has 1 unspecified atom stereocenters. The number of methoxy groups -OCH3 is 1. The number of nitro benzene ring substituents is 1. The summed E-state index contributed by atoms with van der Waals surface area (Å²) >= 11 is 5.93. The molecule has 9 heteroatoms. The first-order valence-electron chi connectivity index (χ1n) is 8.67. The number of anilines is 1.